The maximum atomic E-state index is 6.14. The highest BCUT2D eigenvalue weighted by atomic mass is 35.5. The third-order valence-electron chi connectivity index (χ3n) is 3.41. The van der Waals surface area contributed by atoms with Crippen molar-refractivity contribution in [2.75, 3.05) is 32.1 Å². The van der Waals surface area contributed by atoms with Gasteiger partial charge in [-0.15, -0.1) is 10.2 Å². The van der Waals surface area contributed by atoms with Crippen LogP contribution in [0.3, 0.4) is 0 Å². The molecule has 1 aromatic carbocycles. The first-order valence-electron chi connectivity index (χ1n) is 6.97. The van der Waals surface area contributed by atoms with E-state index >= 15 is 0 Å². The van der Waals surface area contributed by atoms with Gasteiger partial charge in [0, 0.05) is 17.6 Å². The smallest absolute Gasteiger partial charge is 0.263 e. The molecule has 0 unspecified atom stereocenters. The first kappa shape index (κ1) is 15.3. The molecule has 22 heavy (non-hydrogen) atoms. The molecule has 0 saturated carbocycles. The van der Waals surface area contributed by atoms with Crippen LogP contribution in [0.5, 0.6) is 11.6 Å². The first-order valence-corrected chi connectivity index (χ1v) is 7.73. The molecule has 0 atom stereocenters. The molecular formula is C15H16Cl2N4O. The van der Waals surface area contributed by atoms with Crippen molar-refractivity contribution in [3.05, 3.63) is 34.4 Å². The fraction of sp³-hybridized carbons (Fsp3) is 0.333. The molecular weight excluding hydrogens is 323 g/mol. The summed E-state index contributed by atoms with van der Waals surface area (Å²) in [6, 6.07) is 7.30. The number of halogens is 2. The van der Waals surface area contributed by atoms with Crippen LogP contribution >= 0.6 is 23.2 Å². The zero-order valence-corrected chi connectivity index (χ0v) is 13.9. The number of benzene rings is 1. The lowest BCUT2D eigenvalue weighted by Gasteiger charge is -2.32. The summed E-state index contributed by atoms with van der Waals surface area (Å²) >= 11 is 12.1. The number of aromatic nitrogens is 2. The number of hydrogen-bond donors (Lipinski definition) is 0. The van der Waals surface area contributed by atoms with E-state index < -0.39 is 0 Å². The molecule has 7 heteroatoms. The van der Waals surface area contributed by atoms with E-state index in [1.165, 1.54) is 0 Å². The molecule has 0 fully saturated rings. The summed E-state index contributed by atoms with van der Waals surface area (Å²) in [5.41, 5.74) is 1.73. The molecule has 3 rings (SSSR count). The fourth-order valence-corrected chi connectivity index (χ4v) is 2.73. The Kier molecular flexibility index (Phi) is 4.38. The zero-order chi connectivity index (χ0) is 15.7. The van der Waals surface area contributed by atoms with Crippen LogP contribution in [0.4, 0.5) is 11.4 Å². The van der Waals surface area contributed by atoms with Crippen molar-refractivity contribution in [3.8, 4) is 11.6 Å². The second-order valence-corrected chi connectivity index (χ2v) is 6.20. The minimum absolute atomic E-state index is 0.338. The molecule has 0 bridgehead atoms. The summed E-state index contributed by atoms with van der Waals surface area (Å²) in [7, 11) is 4.11. The molecule has 5 nitrogen and oxygen atoms in total. The van der Waals surface area contributed by atoms with Crippen molar-refractivity contribution >= 4 is 34.6 Å². The number of anilines is 2. The first-order chi connectivity index (χ1) is 10.5. The highest BCUT2D eigenvalue weighted by Gasteiger charge is 2.26. The molecule has 0 amide bonds. The third kappa shape index (κ3) is 3.11. The van der Waals surface area contributed by atoms with Gasteiger partial charge >= 0.3 is 0 Å². The minimum Gasteiger partial charge on any atom is -0.434 e. The normalized spacial score (nSPS) is 12.9. The number of nitrogens with zero attached hydrogens (tertiary/aromatic N) is 4. The second kappa shape index (κ2) is 6.28. The van der Waals surface area contributed by atoms with Crippen LogP contribution < -0.4 is 9.64 Å². The molecule has 1 aromatic heterocycles. The van der Waals surface area contributed by atoms with Gasteiger partial charge < -0.3 is 14.5 Å². The molecule has 2 aromatic rings. The Morgan fingerprint density at radius 3 is 2.73 bits per heavy atom. The molecule has 2 heterocycles. The molecule has 0 saturated heterocycles. The average molecular weight is 339 g/mol. The third-order valence-corrected chi connectivity index (χ3v) is 3.83. The Bertz CT molecular complexity index is 642. The number of ether oxygens (including phenoxy) is 1. The Morgan fingerprint density at radius 2 is 1.95 bits per heavy atom. The lowest BCUT2D eigenvalue weighted by molar-refractivity contribution is 0.399. The van der Waals surface area contributed by atoms with Crippen LogP contribution in [0.1, 0.15) is 6.42 Å². The Morgan fingerprint density at radius 1 is 1.14 bits per heavy atom. The highest BCUT2D eigenvalue weighted by molar-refractivity contribution is 6.31. The topological polar surface area (TPSA) is 41.5 Å². The average Bonchev–Trinajstić information content (AvgIpc) is 2.47. The predicted molar refractivity (Wildman–Crippen MR) is 88.7 cm³/mol. The van der Waals surface area contributed by atoms with Crippen molar-refractivity contribution in [2.45, 2.75) is 6.42 Å². The Hall–Kier alpha value is -1.56. The monoisotopic (exact) mass is 338 g/mol. The van der Waals surface area contributed by atoms with E-state index in [0.29, 0.717) is 16.1 Å². The van der Waals surface area contributed by atoms with E-state index in [0.717, 1.165) is 36.6 Å². The highest BCUT2D eigenvalue weighted by Crippen LogP contribution is 2.46. The summed E-state index contributed by atoms with van der Waals surface area (Å²) in [4.78, 5) is 4.28. The van der Waals surface area contributed by atoms with Crippen LogP contribution in [-0.2, 0) is 0 Å². The van der Waals surface area contributed by atoms with Crippen LogP contribution in [-0.4, -0.2) is 42.3 Å². The van der Waals surface area contributed by atoms with E-state index in [1.54, 1.807) is 12.1 Å². The second-order valence-electron chi connectivity index (χ2n) is 5.38. The van der Waals surface area contributed by atoms with Crippen molar-refractivity contribution in [1.82, 2.24) is 15.1 Å². The van der Waals surface area contributed by atoms with E-state index in [9.17, 15) is 0 Å². The van der Waals surface area contributed by atoms with Gasteiger partial charge in [-0.1, -0.05) is 23.2 Å². The van der Waals surface area contributed by atoms with E-state index in [-0.39, 0.29) is 0 Å². The van der Waals surface area contributed by atoms with Crippen LogP contribution in [0, 0.1) is 0 Å². The largest absolute Gasteiger partial charge is 0.434 e. The number of fused-ring (bicyclic) bond motifs is 2. The van der Waals surface area contributed by atoms with Crippen molar-refractivity contribution in [2.24, 2.45) is 0 Å². The molecule has 1 aliphatic heterocycles. The van der Waals surface area contributed by atoms with Gasteiger partial charge in [-0.05, 0) is 45.3 Å². The van der Waals surface area contributed by atoms with Gasteiger partial charge in [0.25, 0.3) is 5.88 Å². The number of hydrogen-bond acceptors (Lipinski definition) is 5. The quantitative estimate of drug-likeness (QED) is 0.843. The standard InChI is InChI=1S/C15H16Cl2N4O/c1-20(2)6-3-7-21-11-8-10(16)4-5-13(11)22-15-12(21)9-14(17)18-19-15/h4-5,8-9H,3,6-7H2,1-2H3. The van der Waals surface area contributed by atoms with Gasteiger partial charge in [0.05, 0.1) is 5.69 Å². The van der Waals surface area contributed by atoms with Gasteiger partial charge in [-0.3, -0.25) is 0 Å². The van der Waals surface area contributed by atoms with Gasteiger partial charge in [-0.2, -0.15) is 0 Å². The summed E-state index contributed by atoms with van der Waals surface area (Å²) in [5.74, 6) is 1.18. The van der Waals surface area contributed by atoms with E-state index in [2.05, 4.69) is 34.1 Å². The summed E-state index contributed by atoms with van der Waals surface area (Å²) in [6.07, 6.45) is 0.984. The van der Waals surface area contributed by atoms with E-state index in [1.807, 2.05) is 12.1 Å². The SMILES string of the molecule is CN(C)CCCN1c2cc(Cl)ccc2Oc2nnc(Cl)cc21. The zero-order valence-electron chi connectivity index (χ0n) is 12.4. The lowest BCUT2D eigenvalue weighted by atomic mass is 10.2. The van der Waals surface area contributed by atoms with E-state index in [4.69, 9.17) is 27.9 Å². The van der Waals surface area contributed by atoms with Crippen molar-refractivity contribution in [1.29, 1.82) is 0 Å². The minimum atomic E-state index is 0.338. The van der Waals surface area contributed by atoms with Crippen molar-refractivity contribution in [3.63, 3.8) is 0 Å². The summed E-state index contributed by atoms with van der Waals surface area (Å²) < 4.78 is 5.80. The van der Waals surface area contributed by atoms with Gasteiger partial charge in [0.1, 0.15) is 5.69 Å². The summed E-state index contributed by atoms with van der Waals surface area (Å²) in [5, 5.41) is 8.90. The maximum Gasteiger partial charge on any atom is 0.263 e. The summed E-state index contributed by atoms with van der Waals surface area (Å²) in [6.45, 7) is 1.79. The Labute approximate surface area is 139 Å². The van der Waals surface area contributed by atoms with Gasteiger partial charge in [-0.25, -0.2) is 0 Å². The van der Waals surface area contributed by atoms with Crippen molar-refractivity contribution < 1.29 is 4.74 Å². The Balaban J connectivity index is 1.98. The lowest BCUT2D eigenvalue weighted by Crippen LogP contribution is -2.26. The molecule has 0 spiro atoms. The molecule has 116 valence electrons. The molecule has 0 N–H and O–H groups in total. The van der Waals surface area contributed by atoms with Gasteiger partial charge in [0.15, 0.2) is 10.9 Å². The van der Waals surface area contributed by atoms with Crippen LogP contribution in [0.2, 0.25) is 10.2 Å². The molecule has 1 aliphatic rings. The van der Waals surface area contributed by atoms with Gasteiger partial charge in [0.2, 0.25) is 0 Å². The van der Waals surface area contributed by atoms with Crippen LogP contribution in [0.25, 0.3) is 0 Å². The maximum absolute atomic E-state index is 6.14. The van der Waals surface area contributed by atoms with Crippen LogP contribution in [0.15, 0.2) is 24.3 Å². The molecule has 0 aliphatic carbocycles. The number of rotatable bonds is 4. The predicted octanol–water partition coefficient (Wildman–Crippen LogP) is 3.98. The molecule has 0 radical (unpaired) electrons. The fourth-order valence-electron chi connectivity index (χ4n) is 2.42.